The fraction of sp³-hybridized carbons (Fsp3) is 0.250. The van der Waals surface area contributed by atoms with Crippen LogP contribution in [0.3, 0.4) is 0 Å². The van der Waals surface area contributed by atoms with E-state index >= 15 is 0 Å². The molecule has 17 heavy (non-hydrogen) atoms. The molecule has 0 aliphatic carbocycles. The molecule has 0 heterocycles. The third-order valence-corrected chi connectivity index (χ3v) is 1.92. The molecule has 0 spiro atoms. The number of hydrogen-bond acceptors (Lipinski definition) is 4. The van der Waals surface area contributed by atoms with E-state index in [9.17, 15) is 23.3 Å². The molecule has 1 rings (SSSR count). The Balaban J connectivity index is 0.00000256. The molecular weight excluding hydrogens is 265 g/mol. The van der Waals surface area contributed by atoms with Crippen molar-refractivity contribution in [2.24, 2.45) is 5.73 Å². The molecule has 0 fully saturated rings. The standard InChI is InChI=1S/C8H7F3N2O3.ClH/c9-5-2-3(13(15)16)1-4(7(5)14)6(12)8(10)11;/h1-2,6,8,14H,12H2;1H/t6-;/m1./s1. The zero-order chi connectivity index (χ0) is 12.5. The predicted molar refractivity (Wildman–Crippen MR) is 54.9 cm³/mol. The Morgan fingerprint density at radius 3 is 2.35 bits per heavy atom. The zero-order valence-corrected chi connectivity index (χ0v) is 8.96. The summed E-state index contributed by atoms with van der Waals surface area (Å²) in [5.74, 6) is -2.46. The molecule has 1 aromatic rings. The first-order chi connectivity index (χ1) is 7.34. The van der Waals surface area contributed by atoms with Crippen molar-refractivity contribution < 1.29 is 23.2 Å². The van der Waals surface area contributed by atoms with Crippen molar-refractivity contribution in [3.05, 3.63) is 33.6 Å². The summed E-state index contributed by atoms with van der Waals surface area (Å²) >= 11 is 0. The number of halogens is 4. The SMILES string of the molecule is Cl.N[C@H](c1cc([N+](=O)[O-])cc(F)c1O)C(F)F. The molecule has 0 aliphatic rings. The number of nitro groups is 1. The van der Waals surface area contributed by atoms with E-state index in [1.165, 1.54) is 0 Å². The molecular formula is C8H8ClF3N2O3. The van der Waals surface area contributed by atoms with Crippen molar-refractivity contribution in [2.45, 2.75) is 12.5 Å². The Morgan fingerprint density at radius 1 is 1.41 bits per heavy atom. The molecule has 0 bridgehead atoms. The number of nitrogens with zero attached hydrogens (tertiary/aromatic N) is 1. The third-order valence-electron chi connectivity index (χ3n) is 1.92. The molecule has 0 unspecified atom stereocenters. The summed E-state index contributed by atoms with van der Waals surface area (Å²) in [6.07, 6.45) is -3.06. The molecule has 5 nitrogen and oxygen atoms in total. The number of nitrogens with two attached hydrogens (primary N) is 1. The molecule has 0 radical (unpaired) electrons. The van der Waals surface area contributed by atoms with Gasteiger partial charge in [0, 0.05) is 11.6 Å². The number of alkyl halides is 2. The van der Waals surface area contributed by atoms with Gasteiger partial charge in [0.15, 0.2) is 11.6 Å². The number of rotatable bonds is 3. The molecule has 0 aliphatic heterocycles. The number of aromatic hydroxyl groups is 1. The van der Waals surface area contributed by atoms with Crippen LogP contribution in [-0.4, -0.2) is 16.5 Å². The van der Waals surface area contributed by atoms with Crippen LogP contribution in [0.2, 0.25) is 0 Å². The summed E-state index contributed by atoms with van der Waals surface area (Å²) in [7, 11) is 0. The molecule has 0 aromatic heterocycles. The molecule has 1 aromatic carbocycles. The Hall–Kier alpha value is -1.54. The summed E-state index contributed by atoms with van der Waals surface area (Å²) < 4.78 is 37.4. The summed E-state index contributed by atoms with van der Waals surface area (Å²) in [4.78, 5) is 9.37. The minimum absolute atomic E-state index is 0. The second-order valence-electron chi connectivity index (χ2n) is 2.98. The average Bonchev–Trinajstić information content (AvgIpc) is 2.20. The smallest absolute Gasteiger partial charge is 0.272 e. The topological polar surface area (TPSA) is 89.4 Å². The van der Waals surface area contributed by atoms with Gasteiger partial charge in [-0.25, -0.2) is 13.2 Å². The Bertz CT molecular complexity index is 431. The van der Waals surface area contributed by atoms with E-state index in [-0.39, 0.29) is 12.4 Å². The van der Waals surface area contributed by atoms with E-state index in [1.807, 2.05) is 0 Å². The van der Waals surface area contributed by atoms with Crippen molar-refractivity contribution >= 4 is 18.1 Å². The van der Waals surface area contributed by atoms with Crippen LogP contribution in [0.25, 0.3) is 0 Å². The maximum absolute atomic E-state index is 13.0. The van der Waals surface area contributed by atoms with Gasteiger partial charge in [-0.3, -0.25) is 10.1 Å². The van der Waals surface area contributed by atoms with Crippen LogP contribution in [0.1, 0.15) is 11.6 Å². The Labute approximate surface area is 99.6 Å². The number of non-ortho nitro benzene ring substituents is 1. The van der Waals surface area contributed by atoms with Gasteiger partial charge in [-0.15, -0.1) is 12.4 Å². The van der Waals surface area contributed by atoms with E-state index in [4.69, 9.17) is 10.8 Å². The Kier molecular flexibility index (Phi) is 5.17. The monoisotopic (exact) mass is 272 g/mol. The summed E-state index contributed by atoms with van der Waals surface area (Å²) in [6, 6.07) is -0.930. The minimum atomic E-state index is -3.06. The van der Waals surface area contributed by atoms with Crippen LogP contribution < -0.4 is 5.73 Å². The van der Waals surface area contributed by atoms with Crippen LogP contribution in [0.15, 0.2) is 12.1 Å². The van der Waals surface area contributed by atoms with E-state index in [0.717, 1.165) is 0 Å². The highest BCUT2D eigenvalue weighted by Gasteiger charge is 2.25. The second kappa shape index (κ2) is 5.69. The highest BCUT2D eigenvalue weighted by molar-refractivity contribution is 5.85. The first-order valence-electron chi connectivity index (χ1n) is 4.05. The highest BCUT2D eigenvalue weighted by Crippen LogP contribution is 2.32. The summed E-state index contributed by atoms with van der Waals surface area (Å²) in [5, 5.41) is 19.5. The van der Waals surface area contributed by atoms with Gasteiger partial charge >= 0.3 is 0 Å². The zero-order valence-electron chi connectivity index (χ0n) is 8.14. The van der Waals surface area contributed by atoms with Gasteiger partial charge in [-0.05, 0) is 0 Å². The summed E-state index contributed by atoms with van der Waals surface area (Å²) in [6.45, 7) is 0. The maximum Gasteiger partial charge on any atom is 0.272 e. The molecule has 9 heteroatoms. The van der Waals surface area contributed by atoms with Crippen LogP contribution in [0.5, 0.6) is 5.75 Å². The fourth-order valence-electron chi connectivity index (χ4n) is 1.10. The van der Waals surface area contributed by atoms with E-state index < -0.39 is 40.2 Å². The lowest BCUT2D eigenvalue weighted by atomic mass is 10.1. The fourth-order valence-corrected chi connectivity index (χ4v) is 1.10. The van der Waals surface area contributed by atoms with Crippen molar-refractivity contribution in [3.8, 4) is 5.75 Å². The first-order valence-corrected chi connectivity index (χ1v) is 4.05. The predicted octanol–water partition coefficient (Wildman–Crippen LogP) is 2.13. The van der Waals surface area contributed by atoms with Gasteiger partial charge in [-0.1, -0.05) is 0 Å². The van der Waals surface area contributed by atoms with Crippen molar-refractivity contribution in [1.29, 1.82) is 0 Å². The molecule has 0 amide bonds. The van der Waals surface area contributed by atoms with Crippen LogP contribution in [0, 0.1) is 15.9 Å². The van der Waals surface area contributed by atoms with Gasteiger partial charge in [-0.2, -0.15) is 0 Å². The quantitative estimate of drug-likeness (QED) is 0.651. The first kappa shape index (κ1) is 15.5. The molecule has 0 saturated carbocycles. The van der Waals surface area contributed by atoms with Crippen LogP contribution in [-0.2, 0) is 0 Å². The number of phenols is 1. The number of hydrogen-bond donors (Lipinski definition) is 2. The van der Waals surface area contributed by atoms with Gasteiger partial charge in [0.05, 0.1) is 17.0 Å². The third kappa shape index (κ3) is 3.21. The average molecular weight is 273 g/mol. The second-order valence-corrected chi connectivity index (χ2v) is 2.98. The van der Waals surface area contributed by atoms with Crippen molar-refractivity contribution in [1.82, 2.24) is 0 Å². The lowest BCUT2D eigenvalue weighted by molar-refractivity contribution is -0.385. The maximum atomic E-state index is 13.0. The summed E-state index contributed by atoms with van der Waals surface area (Å²) in [5.41, 5.74) is 3.54. The van der Waals surface area contributed by atoms with E-state index in [1.54, 1.807) is 0 Å². The van der Waals surface area contributed by atoms with Gasteiger partial charge in [0.1, 0.15) is 0 Å². The number of benzene rings is 1. The lowest BCUT2D eigenvalue weighted by Gasteiger charge is -2.12. The van der Waals surface area contributed by atoms with Gasteiger partial charge < -0.3 is 10.8 Å². The molecule has 0 saturated heterocycles. The van der Waals surface area contributed by atoms with Gasteiger partial charge in [0.25, 0.3) is 12.1 Å². The van der Waals surface area contributed by atoms with Crippen LogP contribution >= 0.6 is 12.4 Å². The lowest BCUT2D eigenvalue weighted by Crippen LogP contribution is -2.19. The van der Waals surface area contributed by atoms with E-state index in [2.05, 4.69) is 0 Å². The minimum Gasteiger partial charge on any atom is -0.505 e. The van der Waals surface area contributed by atoms with Crippen LogP contribution in [0.4, 0.5) is 18.9 Å². The number of nitro benzene ring substituents is 1. The normalized spacial score (nSPS) is 12.1. The Morgan fingerprint density at radius 2 is 1.94 bits per heavy atom. The highest BCUT2D eigenvalue weighted by atomic mass is 35.5. The van der Waals surface area contributed by atoms with Crippen molar-refractivity contribution in [3.63, 3.8) is 0 Å². The molecule has 3 N–H and O–H groups in total. The molecule has 96 valence electrons. The van der Waals surface area contributed by atoms with E-state index in [0.29, 0.717) is 12.1 Å². The largest absolute Gasteiger partial charge is 0.505 e. The van der Waals surface area contributed by atoms with Gasteiger partial charge in [0.2, 0.25) is 0 Å². The van der Waals surface area contributed by atoms with Crippen molar-refractivity contribution in [2.75, 3.05) is 0 Å². The molecule has 1 atom stereocenters. The number of phenolic OH excluding ortho intramolecular Hbond substituents is 1.